The van der Waals surface area contributed by atoms with Gasteiger partial charge >= 0.3 is 0 Å². The maximum Gasteiger partial charge on any atom is 0.255 e. The molecule has 2 fully saturated rings. The number of rotatable bonds is 3. The summed E-state index contributed by atoms with van der Waals surface area (Å²) in [7, 11) is 0. The number of nitrogens with one attached hydrogen (secondary N) is 1. The van der Waals surface area contributed by atoms with Gasteiger partial charge in [-0.1, -0.05) is 0 Å². The maximum absolute atomic E-state index is 12.8. The number of hydrazine groups is 1. The number of nitrogens with two attached hydrogens (primary N) is 1. The average molecular weight is 250 g/mol. The van der Waals surface area contributed by atoms with Crippen LogP contribution >= 0.6 is 0 Å². The second kappa shape index (κ2) is 5.56. The van der Waals surface area contributed by atoms with Gasteiger partial charge in [0.15, 0.2) is 0 Å². The molecular weight excluding hydrogens is 230 g/mol. The largest absolute Gasteiger partial charge is 0.381 e. The van der Waals surface area contributed by atoms with E-state index in [4.69, 9.17) is 15.3 Å². The summed E-state index contributed by atoms with van der Waals surface area (Å²) < 4.78 is 36.8. The van der Waals surface area contributed by atoms with E-state index < -0.39 is 12.5 Å². The highest BCUT2D eigenvalue weighted by molar-refractivity contribution is 4.92. The molecule has 100 valence electrons. The Morgan fingerprint density at radius 1 is 1.24 bits per heavy atom. The molecule has 2 saturated heterocycles. The second-order valence-corrected chi connectivity index (χ2v) is 4.92. The van der Waals surface area contributed by atoms with Gasteiger partial charge in [0.05, 0.1) is 11.6 Å². The van der Waals surface area contributed by atoms with Gasteiger partial charge in [-0.05, 0) is 31.6 Å². The van der Waals surface area contributed by atoms with E-state index in [0.29, 0.717) is 32.7 Å². The van der Waals surface area contributed by atoms with Crippen molar-refractivity contribution in [1.82, 2.24) is 5.43 Å². The SMILES string of the molecule is NNC(C(F)F)C1CCOC2(CCOCC2)C1. The Bertz CT molecular complexity index is 242. The van der Waals surface area contributed by atoms with Crippen LogP contribution in [0.2, 0.25) is 0 Å². The molecule has 2 unspecified atom stereocenters. The normalized spacial score (nSPS) is 30.7. The van der Waals surface area contributed by atoms with Gasteiger partial charge in [0, 0.05) is 19.8 Å². The first-order valence-corrected chi connectivity index (χ1v) is 6.13. The lowest BCUT2D eigenvalue weighted by Crippen LogP contribution is -2.53. The third-order valence-corrected chi connectivity index (χ3v) is 3.91. The molecule has 17 heavy (non-hydrogen) atoms. The molecule has 3 N–H and O–H groups in total. The molecule has 2 atom stereocenters. The third-order valence-electron chi connectivity index (χ3n) is 3.91. The summed E-state index contributed by atoms with van der Waals surface area (Å²) >= 11 is 0. The Morgan fingerprint density at radius 3 is 2.53 bits per heavy atom. The van der Waals surface area contributed by atoms with Crippen molar-refractivity contribution in [2.24, 2.45) is 11.8 Å². The number of ether oxygens (including phenoxy) is 2. The van der Waals surface area contributed by atoms with E-state index in [9.17, 15) is 8.78 Å². The van der Waals surface area contributed by atoms with E-state index in [1.807, 2.05) is 0 Å². The molecule has 0 radical (unpaired) electrons. The van der Waals surface area contributed by atoms with Crippen LogP contribution in [-0.2, 0) is 9.47 Å². The van der Waals surface area contributed by atoms with E-state index in [1.165, 1.54) is 0 Å². The predicted octanol–water partition coefficient (Wildman–Crippen LogP) is 1.06. The highest BCUT2D eigenvalue weighted by Gasteiger charge is 2.42. The summed E-state index contributed by atoms with van der Waals surface area (Å²) in [6, 6.07) is -0.932. The smallest absolute Gasteiger partial charge is 0.255 e. The average Bonchev–Trinajstić information content (AvgIpc) is 2.30. The zero-order valence-electron chi connectivity index (χ0n) is 9.83. The fourth-order valence-corrected chi connectivity index (χ4v) is 2.88. The Hall–Kier alpha value is -0.300. The minimum absolute atomic E-state index is 0.119. The van der Waals surface area contributed by atoms with Crippen LogP contribution in [0.1, 0.15) is 25.7 Å². The summed E-state index contributed by atoms with van der Waals surface area (Å²) in [5.74, 6) is 5.11. The van der Waals surface area contributed by atoms with Crippen molar-refractivity contribution in [3.8, 4) is 0 Å². The fourth-order valence-electron chi connectivity index (χ4n) is 2.88. The number of halogens is 2. The highest BCUT2D eigenvalue weighted by atomic mass is 19.3. The molecule has 0 saturated carbocycles. The molecular formula is C11H20F2N2O2. The van der Waals surface area contributed by atoms with Crippen molar-refractivity contribution in [3.63, 3.8) is 0 Å². The molecule has 0 bridgehead atoms. The summed E-state index contributed by atoms with van der Waals surface area (Å²) in [5, 5.41) is 0. The lowest BCUT2D eigenvalue weighted by molar-refractivity contribution is -0.154. The van der Waals surface area contributed by atoms with Gasteiger partial charge in [-0.15, -0.1) is 0 Å². The fraction of sp³-hybridized carbons (Fsp3) is 1.00. The van der Waals surface area contributed by atoms with Gasteiger partial charge in [0.1, 0.15) is 0 Å². The van der Waals surface area contributed by atoms with Gasteiger partial charge in [-0.2, -0.15) is 0 Å². The summed E-state index contributed by atoms with van der Waals surface area (Å²) in [6.07, 6.45) is 0.450. The molecule has 6 heteroatoms. The first-order chi connectivity index (χ1) is 8.17. The van der Waals surface area contributed by atoms with Crippen LogP contribution in [-0.4, -0.2) is 37.9 Å². The van der Waals surface area contributed by atoms with E-state index in [-0.39, 0.29) is 11.5 Å². The Labute approximate surface area is 99.8 Å². The maximum atomic E-state index is 12.8. The van der Waals surface area contributed by atoms with Crippen LogP contribution in [0.3, 0.4) is 0 Å². The first kappa shape index (κ1) is 13.1. The van der Waals surface area contributed by atoms with E-state index in [1.54, 1.807) is 0 Å². The second-order valence-electron chi connectivity index (χ2n) is 4.92. The van der Waals surface area contributed by atoms with Gasteiger partial charge in [-0.25, -0.2) is 8.78 Å². The molecule has 2 heterocycles. The van der Waals surface area contributed by atoms with Crippen molar-refractivity contribution >= 4 is 0 Å². The first-order valence-electron chi connectivity index (χ1n) is 6.13. The number of hydrogen-bond donors (Lipinski definition) is 2. The van der Waals surface area contributed by atoms with Crippen molar-refractivity contribution in [2.75, 3.05) is 19.8 Å². The molecule has 2 aliphatic rings. The van der Waals surface area contributed by atoms with Crippen molar-refractivity contribution in [1.29, 1.82) is 0 Å². The lowest BCUT2D eigenvalue weighted by atomic mass is 9.78. The van der Waals surface area contributed by atoms with Gasteiger partial charge in [-0.3, -0.25) is 11.3 Å². The lowest BCUT2D eigenvalue weighted by Gasteiger charge is -2.45. The van der Waals surface area contributed by atoms with E-state index in [0.717, 1.165) is 12.8 Å². The summed E-state index contributed by atoms with van der Waals surface area (Å²) in [6.45, 7) is 1.85. The number of hydrogen-bond acceptors (Lipinski definition) is 4. The van der Waals surface area contributed by atoms with E-state index >= 15 is 0 Å². The van der Waals surface area contributed by atoms with Crippen LogP contribution in [0.5, 0.6) is 0 Å². The Balaban J connectivity index is 2.00. The summed E-state index contributed by atoms with van der Waals surface area (Å²) in [4.78, 5) is 0. The molecule has 2 aliphatic heterocycles. The highest BCUT2D eigenvalue weighted by Crippen LogP contribution is 2.38. The zero-order chi connectivity index (χ0) is 12.3. The van der Waals surface area contributed by atoms with Crippen molar-refractivity contribution in [3.05, 3.63) is 0 Å². The van der Waals surface area contributed by atoms with Crippen molar-refractivity contribution < 1.29 is 18.3 Å². The van der Waals surface area contributed by atoms with Crippen molar-refractivity contribution in [2.45, 2.75) is 43.8 Å². The quantitative estimate of drug-likeness (QED) is 0.581. The van der Waals surface area contributed by atoms with Crippen LogP contribution < -0.4 is 11.3 Å². The number of alkyl halides is 2. The van der Waals surface area contributed by atoms with Crippen LogP contribution in [0.25, 0.3) is 0 Å². The molecule has 4 nitrogen and oxygen atoms in total. The molecule has 0 aromatic rings. The molecule has 0 aromatic carbocycles. The topological polar surface area (TPSA) is 56.5 Å². The van der Waals surface area contributed by atoms with Gasteiger partial charge in [0.25, 0.3) is 6.43 Å². The third kappa shape index (κ3) is 2.93. The van der Waals surface area contributed by atoms with Crippen LogP contribution in [0.15, 0.2) is 0 Å². The molecule has 0 aromatic heterocycles. The Morgan fingerprint density at radius 2 is 1.94 bits per heavy atom. The monoisotopic (exact) mass is 250 g/mol. The molecule has 0 amide bonds. The van der Waals surface area contributed by atoms with Crippen LogP contribution in [0, 0.1) is 5.92 Å². The van der Waals surface area contributed by atoms with Crippen LogP contribution in [0.4, 0.5) is 8.78 Å². The zero-order valence-corrected chi connectivity index (χ0v) is 9.83. The van der Waals surface area contributed by atoms with Gasteiger partial charge in [0.2, 0.25) is 0 Å². The van der Waals surface area contributed by atoms with Gasteiger partial charge < -0.3 is 9.47 Å². The minimum atomic E-state index is -2.43. The predicted molar refractivity (Wildman–Crippen MR) is 58.6 cm³/mol. The standard InChI is InChI=1S/C11H20F2N2O2/c12-10(13)9(15-14)8-1-4-17-11(7-8)2-5-16-6-3-11/h8-10,15H,1-7,14H2. The minimum Gasteiger partial charge on any atom is -0.381 e. The van der Waals surface area contributed by atoms with E-state index in [2.05, 4.69) is 5.43 Å². The Kier molecular flexibility index (Phi) is 4.30. The molecule has 0 aliphatic carbocycles. The molecule has 2 rings (SSSR count). The molecule has 1 spiro atoms. The summed E-state index contributed by atoms with van der Waals surface area (Å²) in [5.41, 5.74) is 2.00.